The number of esters is 1. The lowest BCUT2D eigenvalue weighted by molar-refractivity contribution is -0.704. The van der Waals surface area contributed by atoms with Gasteiger partial charge in [-0.05, 0) is 78.8 Å². The van der Waals surface area contributed by atoms with Crippen molar-refractivity contribution in [3.05, 3.63) is 92.1 Å². The van der Waals surface area contributed by atoms with E-state index >= 15 is 0 Å². The first-order valence-corrected chi connectivity index (χ1v) is 14.6. The van der Waals surface area contributed by atoms with Gasteiger partial charge in [0.2, 0.25) is 11.6 Å². The van der Waals surface area contributed by atoms with Crippen molar-refractivity contribution in [2.45, 2.75) is 56.2 Å². The molecular formula is C29H30N3O5S2+. The van der Waals surface area contributed by atoms with Crippen LogP contribution in [0, 0.1) is 6.92 Å². The molecule has 0 fully saturated rings. The van der Waals surface area contributed by atoms with Gasteiger partial charge in [0.25, 0.3) is 0 Å². The van der Waals surface area contributed by atoms with E-state index in [0.717, 1.165) is 47.0 Å². The molecular weight excluding hydrogens is 534 g/mol. The fraction of sp³-hybridized carbons (Fsp3) is 0.310. The van der Waals surface area contributed by atoms with Gasteiger partial charge >= 0.3 is 16.6 Å². The van der Waals surface area contributed by atoms with Crippen molar-refractivity contribution in [1.82, 2.24) is 5.27 Å². The number of amides is 1. The van der Waals surface area contributed by atoms with E-state index in [0.29, 0.717) is 22.2 Å². The molecule has 202 valence electrons. The van der Waals surface area contributed by atoms with Crippen molar-refractivity contribution in [2.75, 3.05) is 11.9 Å². The van der Waals surface area contributed by atoms with Crippen LogP contribution in [0.2, 0.25) is 0 Å². The van der Waals surface area contributed by atoms with Gasteiger partial charge < -0.3 is 10.1 Å². The average molecular weight is 565 g/mol. The van der Waals surface area contributed by atoms with Crippen LogP contribution in [0.25, 0.3) is 5.69 Å². The zero-order valence-corrected chi connectivity index (χ0v) is 23.6. The smallest absolute Gasteiger partial charge is 0.442 e. The summed E-state index contributed by atoms with van der Waals surface area (Å²) in [6.45, 7) is 5.71. The van der Waals surface area contributed by atoms with E-state index in [2.05, 4.69) is 22.7 Å². The third-order valence-electron chi connectivity index (χ3n) is 6.81. The molecule has 10 heteroatoms. The van der Waals surface area contributed by atoms with Gasteiger partial charge in [-0.2, -0.15) is 0 Å². The van der Waals surface area contributed by atoms with E-state index < -0.39 is 16.8 Å². The highest BCUT2D eigenvalue weighted by atomic mass is 32.2. The predicted octanol–water partition coefficient (Wildman–Crippen LogP) is 5.18. The summed E-state index contributed by atoms with van der Waals surface area (Å²) in [5.41, 5.74) is 3.92. The van der Waals surface area contributed by atoms with E-state index in [9.17, 15) is 14.4 Å². The van der Waals surface area contributed by atoms with E-state index in [1.54, 1.807) is 13.8 Å². The first kappa shape index (κ1) is 27.0. The van der Waals surface area contributed by atoms with Crippen LogP contribution < -0.4 is 15.6 Å². The van der Waals surface area contributed by atoms with E-state index in [-0.39, 0.29) is 17.5 Å². The minimum atomic E-state index is -0.647. The SMILES string of the molecule is CCOC(=O)c1c(NC(=O)C(C)Sc2c(=O)o[nH][n+]2-c2ccc(C)cc2)sc2c1CCC(c1ccccc1)C2. The highest BCUT2D eigenvalue weighted by molar-refractivity contribution is 8.00. The van der Waals surface area contributed by atoms with Crippen molar-refractivity contribution in [3.8, 4) is 5.69 Å². The molecule has 0 radical (unpaired) electrons. The number of hydrogen-bond acceptors (Lipinski definition) is 7. The molecule has 39 heavy (non-hydrogen) atoms. The monoisotopic (exact) mass is 564 g/mol. The van der Waals surface area contributed by atoms with Gasteiger partial charge in [-0.15, -0.1) is 11.3 Å². The molecule has 0 bridgehead atoms. The number of ether oxygens (including phenoxy) is 1. The standard InChI is InChI=1S/C29H29N3O5S2/c1-4-36-28(34)24-22-15-12-20(19-8-6-5-7-9-19)16-23(22)39-26(24)30-25(33)18(3)38-27-29(35)37-31-32(27)21-13-10-17(2)11-14-21/h5-11,13-14,18,20H,4,12,15-16H2,1-3H3,(H-,30,31,33,34,35)/p+1. The number of carbonyl (C=O) groups is 2. The predicted molar refractivity (Wildman–Crippen MR) is 151 cm³/mol. The second-order valence-corrected chi connectivity index (χ2v) is 11.9. The first-order chi connectivity index (χ1) is 18.9. The Labute approximate surface area is 234 Å². The second kappa shape index (κ2) is 11.6. The maximum absolute atomic E-state index is 13.3. The largest absolute Gasteiger partial charge is 0.462 e. The number of H-pyrrole nitrogens is 1. The van der Waals surface area contributed by atoms with Crippen LogP contribution in [-0.2, 0) is 22.4 Å². The van der Waals surface area contributed by atoms with E-state index in [1.807, 2.05) is 49.4 Å². The number of rotatable bonds is 8. The molecule has 4 aromatic rings. The molecule has 5 rings (SSSR count). The summed E-state index contributed by atoms with van der Waals surface area (Å²) in [4.78, 5) is 39.9. The molecule has 1 aliphatic carbocycles. The lowest BCUT2D eigenvalue weighted by atomic mass is 9.83. The third-order valence-corrected chi connectivity index (χ3v) is 9.12. The zero-order valence-electron chi connectivity index (χ0n) is 22.0. The molecule has 8 nitrogen and oxygen atoms in total. The van der Waals surface area contributed by atoms with Gasteiger partial charge in [0, 0.05) is 17.0 Å². The number of hydrogen-bond donors (Lipinski definition) is 2. The number of thioether (sulfide) groups is 1. The van der Waals surface area contributed by atoms with E-state index in [1.165, 1.54) is 21.6 Å². The van der Waals surface area contributed by atoms with Gasteiger partial charge in [0.15, 0.2) is 0 Å². The van der Waals surface area contributed by atoms with Gasteiger partial charge in [0.1, 0.15) is 5.00 Å². The number of carbonyl (C=O) groups excluding carboxylic acids is 2. The minimum absolute atomic E-state index is 0.248. The van der Waals surface area contributed by atoms with Crippen LogP contribution in [0.1, 0.15) is 58.1 Å². The number of benzene rings is 2. The summed E-state index contributed by atoms with van der Waals surface area (Å²) in [6.07, 6.45) is 2.46. The fourth-order valence-corrected chi connectivity index (χ4v) is 6.97. The molecule has 1 aliphatic rings. The van der Waals surface area contributed by atoms with Crippen LogP contribution in [0.15, 0.2) is 68.9 Å². The molecule has 2 heterocycles. The van der Waals surface area contributed by atoms with Gasteiger partial charge in [-0.25, -0.2) is 9.59 Å². The minimum Gasteiger partial charge on any atom is -0.462 e. The number of nitrogens with zero attached hydrogens (tertiary/aromatic N) is 1. The normalized spacial score (nSPS) is 15.4. The average Bonchev–Trinajstić information content (AvgIpc) is 3.48. The van der Waals surface area contributed by atoms with Gasteiger partial charge in [-0.3, -0.25) is 9.32 Å². The Balaban J connectivity index is 1.38. The van der Waals surface area contributed by atoms with E-state index in [4.69, 9.17) is 9.26 Å². The van der Waals surface area contributed by atoms with Gasteiger partial charge in [0.05, 0.1) is 17.4 Å². The molecule has 2 aromatic carbocycles. The number of nitrogens with one attached hydrogen (secondary N) is 2. The number of aromatic amines is 1. The highest BCUT2D eigenvalue weighted by Gasteiger charge is 2.33. The van der Waals surface area contributed by atoms with Crippen LogP contribution in [-0.4, -0.2) is 29.0 Å². The molecule has 2 aromatic heterocycles. The summed E-state index contributed by atoms with van der Waals surface area (Å²) in [5, 5.41) is 5.68. The molecule has 2 unspecified atom stereocenters. The first-order valence-electron chi connectivity index (χ1n) is 12.9. The Bertz CT molecular complexity index is 1540. The summed E-state index contributed by atoms with van der Waals surface area (Å²) in [5.74, 6) is -0.387. The Kier molecular flexibility index (Phi) is 8.04. The third kappa shape index (κ3) is 5.72. The summed E-state index contributed by atoms with van der Waals surface area (Å²) < 4.78 is 11.9. The number of aryl methyl sites for hydroxylation is 1. The maximum Gasteiger partial charge on any atom is 0.442 e. The molecule has 0 saturated carbocycles. The van der Waals surface area contributed by atoms with Crippen molar-refractivity contribution in [2.24, 2.45) is 0 Å². The topological polar surface area (TPSA) is 105 Å². The molecule has 2 N–H and O–H groups in total. The Hall–Kier alpha value is -3.63. The lowest BCUT2D eigenvalue weighted by Crippen LogP contribution is -2.37. The second-order valence-electron chi connectivity index (χ2n) is 9.49. The quantitative estimate of drug-likeness (QED) is 0.174. The van der Waals surface area contributed by atoms with Crippen molar-refractivity contribution in [1.29, 1.82) is 0 Å². The Morgan fingerprint density at radius 1 is 1.21 bits per heavy atom. The van der Waals surface area contributed by atoms with Gasteiger partial charge in [-0.1, -0.05) is 48.0 Å². The van der Waals surface area contributed by atoms with Crippen molar-refractivity contribution >= 4 is 40.0 Å². The molecule has 1 amide bonds. The molecule has 2 atom stereocenters. The zero-order chi connectivity index (χ0) is 27.5. The van der Waals surface area contributed by atoms with Crippen molar-refractivity contribution < 1.29 is 23.5 Å². The van der Waals surface area contributed by atoms with Crippen LogP contribution in [0.5, 0.6) is 0 Å². The van der Waals surface area contributed by atoms with Crippen LogP contribution >= 0.6 is 23.1 Å². The lowest BCUT2D eigenvalue weighted by Gasteiger charge is -2.23. The Morgan fingerprint density at radius 3 is 2.67 bits per heavy atom. The van der Waals surface area contributed by atoms with Crippen LogP contribution in [0.3, 0.4) is 0 Å². The van der Waals surface area contributed by atoms with Crippen LogP contribution in [0.4, 0.5) is 5.00 Å². The molecule has 0 aliphatic heterocycles. The number of aromatic nitrogens is 2. The number of thiophene rings is 1. The van der Waals surface area contributed by atoms with Crippen molar-refractivity contribution in [3.63, 3.8) is 0 Å². The summed E-state index contributed by atoms with van der Waals surface area (Å²) in [6, 6.07) is 17.9. The number of fused-ring (bicyclic) bond motifs is 1. The number of anilines is 1. The maximum atomic E-state index is 13.3. The Morgan fingerprint density at radius 2 is 1.95 bits per heavy atom. The molecule has 0 saturated heterocycles. The summed E-state index contributed by atoms with van der Waals surface area (Å²) in [7, 11) is 0. The summed E-state index contributed by atoms with van der Waals surface area (Å²) >= 11 is 2.53. The molecule has 0 spiro atoms. The highest BCUT2D eigenvalue weighted by Crippen LogP contribution is 2.43. The fourth-order valence-electron chi connectivity index (χ4n) is 4.77.